The Kier molecular flexibility index (Phi) is 38.0. The third-order valence-corrected chi connectivity index (χ3v) is 23.6. The van der Waals surface area contributed by atoms with Crippen LogP contribution in [0.1, 0.15) is 165 Å². The monoisotopic (exact) mass is 1960 g/mol. The van der Waals surface area contributed by atoms with Gasteiger partial charge >= 0.3 is 0 Å². The zero-order valence-electron chi connectivity index (χ0n) is 81.6. The molecule has 0 unspecified atom stereocenters. The van der Waals surface area contributed by atoms with E-state index in [0.717, 1.165) is 121 Å². The molecule has 0 fully saturated rings. The molecule has 18 rings (SSSR count). The Morgan fingerprint density at radius 2 is 0.610 bits per heavy atom. The topological polar surface area (TPSA) is 494 Å². The Balaban J connectivity index is 0.000000147. The summed E-state index contributed by atoms with van der Waals surface area (Å²) in [5.41, 5.74) is 21.8. The summed E-state index contributed by atoms with van der Waals surface area (Å²) in [5.74, 6) is -1.80. The zero-order valence-corrected chi connectivity index (χ0v) is 81.6. The summed E-state index contributed by atoms with van der Waals surface area (Å²) in [4.78, 5) is 164. The largest absolute Gasteiger partial charge is 0.345 e. The fourth-order valence-corrected chi connectivity index (χ4v) is 16.0. The Bertz CT molecular complexity index is 7350. The van der Waals surface area contributed by atoms with Crippen molar-refractivity contribution in [3.05, 3.63) is 374 Å². The van der Waals surface area contributed by atoms with Gasteiger partial charge in [0.2, 0.25) is 0 Å². The number of hydrogen-bond acceptors (Lipinski definition) is 22. The second-order valence-corrected chi connectivity index (χ2v) is 34.2. The van der Waals surface area contributed by atoms with E-state index in [4.69, 9.17) is 0 Å². The third kappa shape index (κ3) is 30.6. The molecule has 0 saturated heterocycles. The molecule has 18 aromatic rings. The van der Waals surface area contributed by atoms with Crippen molar-refractivity contribution < 1.29 is 62.3 Å². The molecule has 0 aliphatic carbocycles. The number of Topliss-reactive ketones (excluding diaryl/α,β-unsaturated/α-hetero) is 7. The van der Waals surface area contributed by atoms with Gasteiger partial charge < -0.3 is 36.9 Å². The maximum absolute atomic E-state index is 12.3. The van der Waals surface area contributed by atoms with Crippen molar-refractivity contribution in [3.63, 3.8) is 0 Å². The highest BCUT2D eigenvalue weighted by Crippen LogP contribution is 2.22. The van der Waals surface area contributed by atoms with Crippen LogP contribution in [0.5, 0.6) is 0 Å². The van der Waals surface area contributed by atoms with E-state index in [9.17, 15) is 62.3 Å². The summed E-state index contributed by atoms with van der Waals surface area (Å²) in [6.07, 6.45) is 10.7. The maximum Gasteiger partial charge on any atom is 0.251 e. The van der Waals surface area contributed by atoms with Crippen molar-refractivity contribution >= 4 is 142 Å². The highest BCUT2D eigenvalue weighted by Gasteiger charge is 2.21. The molecule has 12 aromatic carbocycles. The molecule has 6 amide bonds. The standard InChI is InChI=1S/C20H22N4O2.C19H18N4O3.2C19H19N3O2.C18H18N4O2.C17H15N3O2/c1-3-14-7-5-6-8-15(14)11-17(25)13-21-20(26)16-9-10-19-18(12-16)22-23-24(19)4-2;1-12(24)7-13-3-2-4-14(8-13)9-16(25)11-20-19(26)15-5-6-17-18(10-15)22-23-21-17;1-2-13-5-3-4-6-14(13)10-17(23)12-20-19(24)15-7-8-18-16(9-15)11-21-22-18;1-2-13-5-3-4-6-14(13)9-16(23)11-20-19(24)15-7-8-17-18(10-15)22-12-21-17;1-2-12-5-3-4-6-13(12)9-15(23)11-19-18(24)14-7-8-16-17(10-14)21-22-20-16;21-15(8-12-4-2-1-3-5-12)11-18-17(22)13-6-7-16-14(9-13)10-19-20-16/h5-10,12H,3-4,11,13H2,1-2H3,(H,21,26);2-6,8,10H,7,9,11H2,1H3,(H,20,26)(H,21,22,23);3-9,11H,2,10,12H2,1H3,(H,20,24)(H,21,22);3-8,10,12H,2,9,11H2,1H3,(H,20,24)(H,21,22);3-8,10H,2,9,11H2,1H3,(H,19,24)(H,20,21,22);1-7,9-10H,8,11H2,(H,18,22)(H,19,20). The highest BCUT2D eigenvalue weighted by atomic mass is 16.2. The molecular weight excluding hydrogens is 1850 g/mol. The van der Waals surface area contributed by atoms with Crippen LogP contribution in [0.4, 0.5) is 0 Å². The van der Waals surface area contributed by atoms with Crippen molar-refractivity contribution in [2.45, 2.75) is 119 Å². The maximum atomic E-state index is 12.3. The number of carbonyl (C=O) groups is 13. The van der Waals surface area contributed by atoms with Gasteiger partial charge in [0.05, 0.1) is 85.6 Å². The van der Waals surface area contributed by atoms with Gasteiger partial charge in [-0.25, -0.2) is 9.67 Å². The van der Waals surface area contributed by atoms with Crippen LogP contribution in [0.25, 0.3) is 65.9 Å². The number of ketones is 7. The molecule has 34 heteroatoms. The zero-order chi connectivity index (χ0) is 103. The molecular formula is C112H111N21O13. The molecule has 0 aliphatic rings. The van der Waals surface area contributed by atoms with Gasteiger partial charge in [0.15, 0.2) is 34.7 Å². The Hall–Kier alpha value is -18.2. The minimum Gasteiger partial charge on any atom is -0.345 e. The molecule has 0 saturated carbocycles. The quantitative estimate of drug-likeness (QED) is 0.0172. The number of rotatable bonds is 37. The van der Waals surface area contributed by atoms with E-state index in [0.29, 0.717) is 99.5 Å². The summed E-state index contributed by atoms with van der Waals surface area (Å²) < 4.78 is 1.77. The lowest BCUT2D eigenvalue weighted by Gasteiger charge is -2.08. The van der Waals surface area contributed by atoms with Gasteiger partial charge in [-0.3, -0.25) is 72.5 Å². The van der Waals surface area contributed by atoms with Crippen LogP contribution in [-0.4, -0.2) is 191 Å². The van der Waals surface area contributed by atoms with Gasteiger partial charge in [0, 0.05) is 95.6 Å². The summed E-state index contributed by atoms with van der Waals surface area (Å²) >= 11 is 0. The summed E-state index contributed by atoms with van der Waals surface area (Å²) in [5, 5.41) is 60.1. The predicted molar refractivity (Wildman–Crippen MR) is 556 cm³/mol. The number of aryl methyl sites for hydroxylation is 5. The molecule has 6 aromatic heterocycles. The van der Waals surface area contributed by atoms with Crippen molar-refractivity contribution in [1.29, 1.82) is 0 Å². The number of carbonyl (C=O) groups excluding carboxylic acids is 13. The lowest BCUT2D eigenvalue weighted by Crippen LogP contribution is -2.30. The van der Waals surface area contributed by atoms with Gasteiger partial charge in [-0.15, -0.1) is 5.10 Å². The van der Waals surface area contributed by atoms with Gasteiger partial charge in [0.25, 0.3) is 35.4 Å². The van der Waals surface area contributed by atoms with E-state index in [1.807, 2.05) is 165 Å². The first-order valence-corrected chi connectivity index (χ1v) is 47.8. The molecule has 0 atom stereocenters. The second-order valence-electron chi connectivity index (χ2n) is 34.2. The lowest BCUT2D eigenvalue weighted by atomic mass is 10.0. The van der Waals surface area contributed by atoms with Crippen LogP contribution in [0.2, 0.25) is 0 Å². The third-order valence-electron chi connectivity index (χ3n) is 23.6. The average molecular weight is 1960 g/mol. The van der Waals surface area contributed by atoms with Crippen LogP contribution in [0.15, 0.2) is 280 Å². The van der Waals surface area contributed by atoms with Gasteiger partial charge in [-0.1, -0.05) is 185 Å². The van der Waals surface area contributed by atoms with Gasteiger partial charge in [-0.05, 0) is 210 Å². The number of aromatic amines is 5. The molecule has 11 N–H and O–H groups in total. The van der Waals surface area contributed by atoms with E-state index in [2.05, 4.69) is 131 Å². The van der Waals surface area contributed by atoms with E-state index < -0.39 is 0 Å². The van der Waals surface area contributed by atoms with E-state index >= 15 is 0 Å². The summed E-state index contributed by atoms with van der Waals surface area (Å²) in [7, 11) is 0. The van der Waals surface area contributed by atoms with Crippen LogP contribution < -0.4 is 31.9 Å². The molecule has 34 nitrogen and oxygen atoms in total. The SMILES string of the molecule is CC(=O)Cc1cccc(CC(=O)CNC(=O)c2ccc3n[nH]nc3c2)c1.CCc1ccccc1CC(=O)CNC(=O)c1ccc2[nH]ncc2c1.CCc1ccccc1CC(=O)CNC(=O)c1ccc2c(c1)nnn2CC.CCc1ccccc1CC(=O)CNC(=O)c1ccc2n[nH]nc2c1.CCc1ccccc1CC(=O)CNC(=O)c1ccc2nc[nH]c2c1.O=C(CNC(=O)c1ccc2[nH]ncc2c1)Cc1ccccc1. The first kappa shape index (κ1) is 105. The predicted octanol–water partition coefficient (Wildman–Crippen LogP) is 13.7. The molecule has 6 heterocycles. The van der Waals surface area contributed by atoms with Crippen LogP contribution in [0.3, 0.4) is 0 Å². The Morgan fingerprint density at radius 3 is 1.00 bits per heavy atom. The van der Waals surface area contributed by atoms with Gasteiger partial charge in [-0.2, -0.15) is 41.0 Å². The molecule has 0 radical (unpaired) electrons. The van der Waals surface area contributed by atoms with E-state index in [-0.39, 0.29) is 122 Å². The number of amides is 6. The van der Waals surface area contributed by atoms with Gasteiger partial charge in [0.1, 0.15) is 33.4 Å². The van der Waals surface area contributed by atoms with Crippen LogP contribution in [0, 0.1) is 0 Å². The van der Waals surface area contributed by atoms with Crippen molar-refractivity contribution in [2.24, 2.45) is 0 Å². The van der Waals surface area contributed by atoms with Crippen LogP contribution in [-0.2, 0) is 111 Å². The minimum atomic E-state index is -0.339. The van der Waals surface area contributed by atoms with E-state index in [1.54, 1.807) is 127 Å². The fraction of sp³-hybridized carbons (Fsp3) is 0.214. The smallest absolute Gasteiger partial charge is 0.251 e. The number of fused-ring (bicyclic) bond motifs is 6. The van der Waals surface area contributed by atoms with Crippen molar-refractivity contribution in [1.82, 2.24) is 108 Å². The van der Waals surface area contributed by atoms with Crippen LogP contribution >= 0.6 is 0 Å². The molecule has 0 bridgehead atoms. The first-order chi connectivity index (χ1) is 70.9. The number of hydrogen-bond donors (Lipinski definition) is 11. The van der Waals surface area contributed by atoms with Crippen molar-refractivity contribution in [3.8, 4) is 0 Å². The van der Waals surface area contributed by atoms with E-state index in [1.165, 1.54) is 18.1 Å². The Labute approximate surface area is 839 Å². The molecule has 0 aliphatic heterocycles. The van der Waals surface area contributed by atoms with Crippen molar-refractivity contribution in [2.75, 3.05) is 39.3 Å². The first-order valence-electron chi connectivity index (χ1n) is 47.8. The minimum absolute atomic E-state index is 0.00589. The average Bonchev–Trinajstić information content (AvgIpc) is 1.73. The number of nitrogens with one attached hydrogen (secondary N) is 11. The molecule has 742 valence electrons. The highest BCUT2D eigenvalue weighted by molar-refractivity contribution is 6.05. The number of aromatic nitrogens is 15. The number of H-pyrrole nitrogens is 5. The Morgan fingerprint density at radius 1 is 0.288 bits per heavy atom. The number of imidazole rings is 1. The number of nitrogens with zero attached hydrogens (tertiary/aromatic N) is 10. The lowest BCUT2D eigenvalue weighted by molar-refractivity contribution is -0.118. The fourth-order valence-electron chi connectivity index (χ4n) is 16.0. The molecule has 146 heavy (non-hydrogen) atoms. The summed E-state index contributed by atoms with van der Waals surface area (Å²) in [6, 6.07) is 79.3. The normalized spacial score (nSPS) is 10.7. The summed E-state index contributed by atoms with van der Waals surface area (Å²) in [6.45, 7) is 12.5. The molecule has 0 spiro atoms. The second kappa shape index (κ2) is 52.9. The number of benzene rings is 12.